The summed E-state index contributed by atoms with van der Waals surface area (Å²) in [5.41, 5.74) is 0.203. The standard InChI is InChI=1S/C28H31F2N3O6/c1-5-38-18-6-7-20-16(10-18)8-9-33(24(35)14-19-13-23(34)32-39-19)26(20)27(36)31-17-11-21(29)25(22(30)12-17)28(2,3)15-37-4/h6-7,10-13,26H,5,8-9,14-15H2,1-4H3,(H,31,36)(H,32,34)/t26-/m1/s1. The predicted octanol–water partition coefficient (Wildman–Crippen LogP) is 4.29. The summed E-state index contributed by atoms with van der Waals surface area (Å²) < 4.78 is 45.8. The molecule has 9 nitrogen and oxygen atoms in total. The van der Waals surface area contributed by atoms with Crippen LogP contribution in [-0.4, -0.2) is 53.8 Å². The number of rotatable bonds is 9. The second kappa shape index (κ2) is 11.4. The van der Waals surface area contributed by atoms with Gasteiger partial charge in [-0.25, -0.2) is 8.78 Å². The molecule has 1 aromatic heterocycles. The Kier molecular flexibility index (Phi) is 8.19. The molecule has 0 radical (unpaired) electrons. The van der Waals surface area contributed by atoms with Crippen molar-refractivity contribution in [2.75, 3.05) is 32.2 Å². The SMILES string of the molecule is CCOc1ccc2c(c1)CCN(C(=O)Cc1cc(O)no1)[C@H]2C(=O)Nc1cc(F)c(C(C)(C)COC)c(F)c1. The normalized spacial score (nSPS) is 15.1. The van der Waals surface area contributed by atoms with Crippen LogP contribution in [0.3, 0.4) is 0 Å². The zero-order valence-electron chi connectivity index (χ0n) is 22.2. The van der Waals surface area contributed by atoms with Crippen molar-refractivity contribution in [2.45, 2.75) is 45.1 Å². The van der Waals surface area contributed by atoms with E-state index in [0.29, 0.717) is 24.3 Å². The smallest absolute Gasteiger partial charge is 0.251 e. The van der Waals surface area contributed by atoms with E-state index in [1.807, 2.05) is 13.0 Å². The van der Waals surface area contributed by atoms with Crippen molar-refractivity contribution in [1.29, 1.82) is 0 Å². The van der Waals surface area contributed by atoms with Crippen LogP contribution in [0.25, 0.3) is 0 Å². The third-order valence-electron chi connectivity index (χ3n) is 6.59. The summed E-state index contributed by atoms with van der Waals surface area (Å²) in [6.07, 6.45) is 0.218. The number of anilines is 1. The average Bonchev–Trinajstić information content (AvgIpc) is 3.26. The van der Waals surface area contributed by atoms with E-state index in [1.54, 1.807) is 26.0 Å². The highest BCUT2D eigenvalue weighted by Gasteiger charge is 2.37. The number of carbonyl (C=O) groups is 2. The van der Waals surface area contributed by atoms with Crippen LogP contribution in [0.1, 0.15) is 49.3 Å². The fourth-order valence-electron chi connectivity index (χ4n) is 4.98. The van der Waals surface area contributed by atoms with E-state index in [4.69, 9.17) is 14.0 Å². The molecule has 11 heteroatoms. The molecule has 0 saturated carbocycles. The van der Waals surface area contributed by atoms with Gasteiger partial charge < -0.3 is 29.3 Å². The van der Waals surface area contributed by atoms with Crippen LogP contribution < -0.4 is 10.1 Å². The van der Waals surface area contributed by atoms with Gasteiger partial charge >= 0.3 is 0 Å². The number of halogens is 2. The predicted molar refractivity (Wildman–Crippen MR) is 138 cm³/mol. The van der Waals surface area contributed by atoms with Crippen LogP contribution in [0.5, 0.6) is 11.6 Å². The maximum absolute atomic E-state index is 15.1. The number of ether oxygens (including phenoxy) is 2. The van der Waals surface area contributed by atoms with Gasteiger partial charge in [-0.05, 0) is 53.9 Å². The van der Waals surface area contributed by atoms with Crippen molar-refractivity contribution < 1.29 is 37.5 Å². The van der Waals surface area contributed by atoms with Gasteiger partial charge in [0.2, 0.25) is 5.91 Å². The summed E-state index contributed by atoms with van der Waals surface area (Å²) in [5, 5.41) is 15.4. The first-order valence-corrected chi connectivity index (χ1v) is 12.5. The number of methoxy groups -OCH3 is 1. The van der Waals surface area contributed by atoms with Crippen molar-refractivity contribution in [3.63, 3.8) is 0 Å². The molecule has 0 saturated heterocycles. The molecule has 2 amide bonds. The van der Waals surface area contributed by atoms with Crippen molar-refractivity contribution in [1.82, 2.24) is 10.1 Å². The molecule has 2 aromatic carbocycles. The molecule has 0 fully saturated rings. The quantitative estimate of drug-likeness (QED) is 0.414. The van der Waals surface area contributed by atoms with E-state index in [2.05, 4.69) is 10.5 Å². The van der Waals surface area contributed by atoms with Gasteiger partial charge in [0.15, 0.2) is 0 Å². The van der Waals surface area contributed by atoms with Crippen molar-refractivity contribution in [3.05, 3.63) is 70.5 Å². The lowest BCUT2D eigenvalue weighted by atomic mass is 9.84. The zero-order valence-corrected chi connectivity index (χ0v) is 22.2. The summed E-state index contributed by atoms with van der Waals surface area (Å²) in [5.74, 6) is -2.33. The molecule has 1 atom stereocenters. The first kappa shape index (κ1) is 28.0. The highest BCUT2D eigenvalue weighted by atomic mass is 19.1. The number of carbonyl (C=O) groups excluding carboxylic acids is 2. The van der Waals surface area contributed by atoms with Crippen LogP contribution >= 0.6 is 0 Å². The second-order valence-corrected chi connectivity index (χ2v) is 9.98. The van der Waals surface area contributed by atoms with Gasteiger partial charge in [-0.2, -0.15) is 0 Å². The zero-order chi connectivity index (χ0) is 28.3. The van der Waals surface area contributed by atoms with E-state index in [1.165, 1.54) is 18.1 Å². The van der Waals surface area contributed by atoms with Gasteiger partial charge in [-0.1, -0.05) is 19.9 Å². The Morgan fingerprint density at radius 3 is 2.54 bits per heavy atom. The van der Waals surface area contributed by atoms with Crippen molar-refractivity contribution in [2.24, 2.45) is 0 Å². The Bertz CT molecular complexity index is 1350. The van der Waals surface area contributed by atoms with Gasteiger partial charge in [0.1, 0.15) is 29.2 Å². The van der Waals surface area contributed by atoms with E-state index in [9.17, 15) is 14.7 Å². The minimum Gasteiger partial charge on any atom is -0.494 e. The first-order valence-electron chi connectivity index (χ1n) is 12.5. The minimum absolute atomic E-state index is 0.0856. The first-order chi connectivity index (χ1) is 18.5. The van der Waals surface area contributed by atoms with Gasteiger partial charge in [-0.15, -0.1) is 0 Å². The maximum Gasteiger partial charge on any atom is 0.251 e. The molecule has 0 unspecified atom stereocenters. The summed E-state index contributed by atoms with van der Waals surface area (Å²) >= 11 is 0. The molecule has 1 aliphatic heterocycles. The monoisotopic (exact) mass is 543 g/mol. The highest BCUT2D eigenvalue weighted by molar-refractivity contribution is 5.98. The topological polar surface area (TPSA) is 114 Å². The molecule has 3 aromatic rings. The van der Waals surface area contributed by atoms with Crippen molar-refractivity contribution in [3.8, 4) is 11.6 Å². The molecule has 0 spiro atoms. The van der Waals surface area contributed by atoms with Crippen LogP contribution in [0.2, 0.25) is 0 Å². The number of benzene rings is 2. The number of aromatic hydroxyl groups is 1. The van der Waals surface area contributed by atoms with Crippen LogP contribution in [0.4, 0.5) is 14.5 Å². The number of nitrogens with zero attached hydrogens (tertiary/aromatic N) is 2. The molecular formula is C28H31F2N3O6. The number of fused-ring (bicyclic) bond motifs is 1. The third-order valence-corrected chi connectivity index (χ3v) is 6.59. The maximum atomic E-state index is 15.1. The van der Waals surface area contributed by atoms with Crippen LogP contribution in [0.15, 0.2) is 40.9 Å². The molecule has 39 heavy (non-hydrogen) atoms. The third kappa shape index (κ3) is 6.03. The van der Waals surface area contributed by atoms with Crippen molar-refractivity contribution >= 4 is 17.5 Å². The molecule has 208 valence electrons. The van der Waals surface area contributed by atoms with E-state index in [-0.39, 0.29) is 42.5 Å². The molecular weight excluding hydrogens is 512 g/mol. The van der Waals surface area contributed by atoms with Gasteiger partial charge in [0.25, 0.3) is 11.8 Å². The van der Waals surface area contributed by atoms with Crippen LogP contribution in [0, 0.1) is 11.6 Å². The summed E-state index contributed by atoms with van der Waals surface area (Å²) in [6.45, 7) is 5.93. The van der Waals surface area contributed by atoms with E-state index >= 15 is 8.78 Å². The number of amides is 2. The fraction of sp³-hybridized carbons (Fsp3) is 0.393. The fourth-order valence-corrected chi connectivity index (χ4v) is 4.98. The molecule has 2 N–H and O–H groups in total. The largest absolute Gasteiger partial charge is 0.494 e. The number of nitrogens with one attached hydrogen (secondary N) is 1. The van der Waals surface area contributed by atoms with Gasteiger partial charge in [0, 0.05) is 36.4 Å². The molecule has 0 aliphatic carbocycles. The molecule has 4 rings (SSSR count). The molecule has 0 bridgehead atoms. The summed E-state index contributed by atoms with van der Waals surface area (Å²) in [6, 6.07) is 7.47. The van der Waals surface area contributed by atoms with E-state index in [0.717, 1.165) is 17.7 Å². The molecule has 2 heterocycles. The number of aromatic nitrogens is 1. The number of hydrogen-bond donors (Lipinski definition) is 2. The Morgan fingerprint density at radius 1 is 1.21 bits per heavy atom. The number of hydrogen-bond acceptors (Lipinski definition) is 7. The van der Waals surface area contributed by atoms with E-state index < -0.39 is 34.9 Å². The Labute approximate surface area is 224 Å². The lowest BCUT2D eigenvalue weighted by molar-refractivity contribution is -0.139. The van der Waals surface area contributed by atoms with Gasteiger partial charge in [-0.3, -0.25) is 9.59 Å². The Hall–Kier alpha value is -3.99. The Morgan fingerprint density at radius 2 is 1.92 bits per heavy atom. The summed E-state index contributed by atoms with van der Waals surface area (Å²) in [7, 11) is 1.45. The highest BCUT2D eigenvalue weighted by Crippen LogP contribution is 2.35. The molecule has 1 aliphatic rings. The Balaban J connectivity index is 1.66. The average molecular weight is 544 g/mol. The summed E-state index contributed by atoms with van der Waals surface area (Å²) in [4.78, 5) is 28.3. The minimum atomic E-state index is -1.09. The second-order valence-electron chi connectivity index (χ2n) is 9.98. The van der Waals surface area contributed by atoms with Crippen LogP contribution in [-0.2, 0) is 32.6 Å². The lowest BCUT2D eigenvalue weighted by Crippen LogP contribution is -2.46. The van der Waals surface area contributed by atoms with Gasteiger partial charge in [0.05, 0.1) is 19.6 Å². The lowest BCUT2D eigenvalue weighted by Gasteiger charge is -2.36.